The summed E-state index contributed by atoms with van der Waals surface area (Å²) in [4.78, 5) is 0. The summed E-state index contributed by atoms with van der Waals surface area (Å²) in [5.41, 5.74) is 3.68. The van der Waals surface area contributed by atoms with Crippen molar-refractivity contribution in [1.29, 1.82) is 0 Å². The quantitative estimate of drug-likeness (QED) is 0.424. The van der Waals surface area contributed by atoms with Crippen molar-refractivity contribution < 1.29 is 16.5 Å². The van der Waals surface area contributed by atoms with Crippen LogP contribution in [0.3, 0.4) is 0 Å². The van der Waals surface area contributed by atoms with Gasteiger partial charge in [0.2, 0.25) is 0 Å². The molecular weight excluding hydrogens is 306 g/mol. The van der Waals surface area contributed by atoms with Gasteiger partial charge >= 0.3 is 0 Å². The summed E-state index contributed by atoms with van der Waals surface area (Å²) in [5.74, 6) is 0. The first-order valence-corrected chi connectivity index (χ1v) is 11.0. The summed E-state index contributed by atoms with van der Waals surface area (Å²) < 4.78 is 0. The van der Waals surface area contributed by atoms with Crippen molar-refractivity contribution in [3.63, 3.8) is 0 Å². The summed E-state index contributed by atoms with van der Waals surface area (Å²) in [6, 6.07) is 0. The van der Waals surface area contributed by atoms with Gasteiger partial charge < -0.3 is 0 Å². The Kier molecular flexibility index (Phi) is 7.91. The van der Waals surface area contributed by atoms with Crippen molar-refractivity contribution in [3.05, 3.63) is 0 Å². The van der Waals surface area contributed by atoms with Crippen LogP contribution in [0.1, 0.15) is 96.3 Å². The minimum atomic E-state index is -0.0465. The third-order valence-corrected chi connectivity index (χ3v) is 10.8. The van der Waals surface area contributed by atoms with Gasteiger partial charge in [0.15, 0.2) is 0 Å². The smallest absolute Gasteiger partial charge is 0.0530 e. The van der Waals surface area contributed by atoms with Crippen molar-refractivity contribution >= 4 is 7.92 Å². The predicted molar refractivity (Wildman–Crippen MR) is 88.9 cm³/mol. The van der Waals surface area contributed by atoms with Crippen LogP contribution < -0.4 is 0 Å². The molecule has 2 heteroatoms. The zero-order valence-electron chi connectivity index (χ0n) is 13.2. The maximum Gasteiger partial charge on any atom is 0.0680 e. The van der Waals surface area contributed by atoms with Gasteiger partial charge in [-0.3, -0.25) is 0 Å². The van der Waals surface area contributed by atoms with Crippen LogP contribution >= 0.6 is 7.92 Å². The van der Waals surface area contributed by atoms with E-state index in [4.69, 9.17) is 0 Å². The van der Waals surface area contributed by atoms with E-state index >= 15 is 0 Å². The molecule has 0 spiro atoms. The first-order valence-electron chi connectivity index (χ1n) is 9.32. The topological polar surface area (TPSA) is 0 Å². The fraction of sp³-hybridized carbons (Fsp3) is 1.00. The fourth-order valence-corrected chi connectivity index (χ4v) is 10.5. The molecule has 0 aromatic heterocycles. The minimum absolute atomic E-state index is 0. The molecule has 0 heterocycles. The van der Waals surface area contributed by atoms with E-state index < -0.39 is 0 Å². The van der Waals surface area contributed by atoms with Crippen molar-refractivity contribution in [2.45, 2.75) is 113 Å². The maximum atomic E-state index is 1.63. The molecule has 0 aliphatic heterocycles. The molecule has 0 unspecified atom stereocenters. The van der Waals surface area contributed by atoms with Crippen LogP contribution in [0.2, 0.25) is 0 Å². The molecule has 0 aromatic rings. The average Bonchev–Trinajstić information content (AvgIpc) is 2.51. The third kappa shape index (κ3) is 4.46. The molecule has 0 nitrogen and oxygen atoms in total. The Morgan fingerprint density at radius 1 is 0.400 bits per heavy atom. The van der Waals surface area contributed by atoms with Crippen LogP contribution in [0, 0.1) is 0 Å². The third-order valence-electron chi connectivity index (χ3n) is 6.23. The van der Waals surface area contributed by atoms with Crippen molar-refractivity contribution in [1.82, 2.24) is 0 Å². The molecule has 3 aliphatic rings. The SMILES string of the molecule is C1CCC([PH+](C2CCCCC2)C2CCCCC2)CC1.[Ni]. The zero-order valence-corrected chi connectivity index (χ0v) is 15.1. The Labute approximate surface area is 137 Å². The van der Waals surface area contributed by atoms with Gasteiger partial charge in [-0.05, 0) is 77.0 Å². The number of hydrogen-bond donors (Lipinski definition) is 0. The van der Waals surface area contributed by atoms with Crippen molar-refractivity contribution in [2.24, 2.45) is 0 Å². The first kappa shape index (κ1) is 17.3. The Morgan fingerprint density at radius 3 is 0.900 bits per heavy atom. The van der Waals surface area contributed by atoms with E-state index in [1.807, 2.05) is 0 Å². The van der Waals surface area contributed by atoms with E-state index in [0.29, 0.717) is 0 Å². The molecule has 3 rings (SSSR count). The molecule has 120 valence electrons. The van der Waals surface area contributed by atoms with Crippen LogP contribution in [0.5, 0.6) is 0 Å². The standard InChI is InChI=1S/C18H33P.Ni/c1-4-10-16(11-5-1)19(17-12-6-2-7-13-17)18-14-8-3-9-15-18;/h16-18H,1-15H2;/p+1. The maximum absolute atomic E-state index is 1.63. The van der Waals surface area contributed by atoms with Crippen molar-refractivity contribution in [2.75, 3.05) is 0 Å². The van der Waals surface area contributed by atoms with Crippen LogP contribution in [-0.2, 0) is 16.5 Å². The largest absolute Gasteiger partial charge is 0.0680 e. The van der Waals surface area contributed by atoms with Crippen LogP contribution in [0.25, 0.3) is 0 Å². The van der Waals surface area contributed by atoms with Crippen molar-refractivity contribution in [3.8, 4) is 0 Å². The minimum Gasteiger partial charge on any atom is -0.0530 e. The number of rotatable bonds is 3. The molecule has 0 saturated heterocycles. The summed E-state index contributed by atoms with van der Waals surface area (Å²) in [6.45, 7) is 0. The number of hydrogen-bond acceptors (Lipinski definition) is 0. The molecule has 0 N–H and O–H groups in total. The summed E-state index contributed by atoms with van der Waals surface area (Å²) in [7, 11) is -0.0465. The van der Waals surface area contributed by atoms with Gasteiger partial charge in [-0.1, -0.05) is 19.3 Å². The molecule has 3 fully saturated rings. The molecule has 0 amide bonds. The molecule has 0 atom stereocenters. The van der Waals surface area contributed by atoms with E-state index in [1.54, 1.807) is 96.3 Å². The summed E-state index contributed by atoms with van der Waals surface area (Å²) in [5, 5.41) is 0. The molecule has 3 aliphatic carbocycles. The second kappa shape index (κ2) is 9.15. The monoisotopic (exact) mass is 339 g/mol. The Balaban J connectivity index is 0.00000147. The van der Waals surface area contributed by atoms with Gasteiger partial charge in [-0.15, -0.1) is 0 Å². The van der Waals surface area contributed by atoms with E-state index in [2.05, 4.69) is 0 Å². The van der Waals surface area contributed by atoms with Crippen LogP contribution in [0.15, 0.2) is 0 Å². The average molecular weight is 340 g/mol. The van der Waals surface area contributed by atoms with Gasteiger partial charge in [-0.2, -0.15) is 0 Å². The summed E-state index contributed by atoms with van der Waals surface area (Å²) >= 11 is 0. The van der Waals surface area contributed by atoms with E-state index in [9.17, 15) is 0 Å². The summed E-state index contributed by atoms with van der Waals surface area (Å²) in [6.07, 6.45) is 23.8. The molecule has 3 saturated carbocycles. The Bertz CT molecular complexity index is 207. The Morgan fingerprint density at radius 2 is 0.650 bits per heavy atom. The van der Waals surface area contributed by atoms with Gasteiger partial charge in [-0.25, -0.2) is 0 Å². The first-order chi connectivity index (χ1) is 9.45. The van der Waals surface area contributed by atoms with Crippen LogP contribution in [0.4, 0.5) is 0 Å². The second-order valence-corrected chi connectivity index (χ2v) is 11.0. The molecule has 0 bridgehead atoms. The van der Waals surface area contributed by atoms with E-state index in [-0.39, 0.29) is 24.4 Å². The van der Waals surface area contributed by atoms with Gasteiger partial charge in [0, 0.05) is 24.4 Å². The Hall–Kier alpha value is 0.924. The zero-order chi connectivity index (χ0) is 12.9. The van der Waals surface area contributed by atoms with Gasteiger partial charge in [0.25, 0.3) is 0 Å². The molecule has 20 heavy (non-hydrogen) atoms. The second-order valence-electron chi connectivity index (χ2n) is 7.50. The molecule has 0 aromatic carbocycles. The van der Waals surface area contributed by atoms with Crippen LogP contribution in [-0.4, -0.2) is 17.0 Å². The normalized spacial score (nSPS) is 27.4. The van der Waals surface area contributed by atoms with E-state index in [0.717, 1.165) is 0 Å². The predicted octanol–water partition coefficient (Wildman–Crippen LogP) is 6.20. The molecular formula is C18H34NiP+. The fourth-order valence-electron chi connectivity index (χ4n) is 5.31. The molecule has 0 radical (unpaired) electrons. The van der Waals surface area contributed by atoms with E-state index in [1.165, 1.54) is 17.0 Å². The van der Waals surface area contributed by atoms with Gasteiger partial charge in [0.1, 0.15) is 0 Å². The van der Waals surface area contributed by atoms with Gasteiger partial charge in [0.05, 0.1) is 17.0 Å².